The Kier molecular flexibility index (Phi) is 5.68. The second kappa shape index (κ2) is 7.73. The third-order valence-electron chi connectivity index (χ3n) is 4.25. The van der Waals surface area contributed by atoms with Crippen molar-refractivity contribution in [2.45, 2.75) is 12.8 Å². The van der Waals surface area contributed by atoms with E-state index in [4.69, 9.17) is 5.11 Å². The van der Waals surface area contributed by atoms with E-state index in [0.29, 0.717) is 25.9 Å². The maximum atomic E-state index is 12.4. The summed E-state index contributed by atoms with van der Waals surface area (Å²) in [5.41, 5.74) is -0.388. The van der Waals surface area contributed by atoms with E-state index < -0.39 is 22.7 Å². The number of aliphatic carboxylic acids is 1. The quantitative estimate of drug-likeness (QED) is 0.625. The summed E-state index contributed by atoms with van der Waals surface area (Å²) in [4.78, 5) is 48.6. The number of likely N-dealkylation sites (N-methyl/N-ethyl adjacent to an activating group) is 1. The summed E-state index contributed by atoms with van der Waals surface area (Å²) in [5, 5.41) is 20.0. The lowest BCUT2D eigenvalue weighted by Crippen LogP contribution is -2.45. The molecule has 1 aliphatic rings. The molecule has 1 saturated heterocycles. The number of carboxylic acid groups (broad SMARTS) is 1. The molecule has 9 heteroatoms. The average Bonchev–Trinajstić information content (AvgIpc) is 2.60. The normalized spacial score (nSPS) is 14.8. The summed E-state index contributed by atoms with van der Waals surface area (Å²) in [6.45, 7) is 0.426. The Bertz CT molecular complexity index is 697. The molecule has 0 saturated carbocycles. The van der Waals surface area contributed by atoms with Gasteiger partial charge in [-0.15, -0.1) is 0 Å². The molecule has 1 aromatic rings. The zero-order valence-electron chi connectivity index (χ0n) is 13.8. The maximum Gasteiger partial charge on any atom is 0.306 e. The molecule has 2 rings (SSSR count). The van der Waals surface area contributed by atoms with Gasteiger partial charge in [-0.3, -0.25) is 24.5 Å². The number of carbonyl (C=O) groups is 3. The number of benzene rings is 1. The molecule has 0 aliphatic carbocycles. The second-order valence-corrected chi connectivity index (χ2v) is 5.93. The van der Waals surface area contributed by atoms with Gasteiger partial charge in [0.1, 0.15) is 5.56 Å². The van der Waals surface area contributed by atoms with E-state index in [-0.39, 0.29) is 23.7 Å². The van der Waals surface area contributed by atoms with Gasteiger partial charge in [-0.1, -0.05) is 12.1 Å². The highest BCUT2D eigenvalue weighted by Crippen LogP contribution is 2.20. The number of piperidine rings is 1. The Morgan fingerprint density at radius 1 is 1.28 bits per heavy atom. The van der Waals surface area contributed by atoms with Crippen molar-refractivity contribution in [2.75, 3.05) is 26.7 Å². The Morgan fingerprint density at radius 2 is 1.88 bits per heavy atom. The van der Waals surface area contributed by atoms with Crippen LogP contribution in [0.15, 0.2) is 24.3 Å². The molecule has 1 aliphatic heterocycles. The highest BCUT2D eigenvalue weighted by molar-refractivity contribution is 5.99. The molecule has 1 aromatic carbocycles. The molecule has 25 heavy (non-hydrogen) atoms. The van der Waals surface area contributed by atoms with Crippen LogP contribution < -0.4 is 0 Å². The van der Waals surface area contributed by atoms with Crippen LogP contribution in [0.1, 0.15) is 23.2 Å². The van der Waals surface area contributed by atoms with Gasteiger partial charge < -0.3 is 14.9 Å². The number of carboxylic acids is 1. The van der Waals surface area contributed by atoms with E-state index in [1.807, 2.05) is 0 Å². The number of nitrogens with zero attached hydrogens (tertiary/aromatic N) is 3. The third-order valence-corrected chi connectivity index (χ3v) is 4.25. The van der Waals surface area contributed by atoms with Gasteiger partial charge in [0.25, 0.3) is 11.6 Å². The molecule has 0 atom stereocenters. The van der Waals surface area contributed by atoms with Gasteiger partial charge in [0.2, 0.25) is 5.91 Å². The van der Waals surface area contributed by atoms with Gasteiger partial charge in [0.15, 0.2) is 0 Å². The zero-order valence-corrected chi connectivity index (χ0v) is 13.8. The van der Waals surface area contributed by atoms with Gasteiger partial charge in [-0.25, -0.2) is 0 Å². The van der Waals surface area contributed by atoms with E-state index in [2.05, 4.69) is 0 Å². The lowest BCUT2D eigenvalue weighted by Gasteiger charge is -2.31. The number of likely N-dealkylation sites (tertiary alicyclic amines) is 1. The van der Waals surface area contributed by atoms with Crippen LogP contribution in [-0.4, -0.2) is 64.3 Å². The third kappa shape index (κ3) is 4.31. The predicted octanol–water partition coefficient (Wildman–Crippen LogP) is 0.990. The Balaban J connectivity index is 1.99. The van der Waals surface area contributed by atoms with E-state index in [1.54, 1.807) is 0 Å². The molecule has 1 heterocycles. The molecule has 1 N–H and O–H groups in total. The topological polar surface area (TPSA) is 121 Å². The van der Waals surface area contributed by atoms with E-state index in [9.17, 15) is 24.5 Å². The molecule has 0 unspecified atom stereocenters. The fourth-order valence-electron chi connectivity index (χ4n) is 2.77. The summed E-state index contributed by atoms with van der Waals surface area (Å²) < 4.78 is 0. The molecule has 1 fully saturated rings. The van der Waals surface area contributed by atoms with Crippen molar-refractivity contribution in [1.82, 2.24) is 9.80 Å². The number of amides is 2. The molecular weight excluding hydrogens is 330 g/mol. The number of carbonyl (C=O) groups excluding carboxylic acids is 2. The molecule has 0 radical (unpaired) electrons. The van der Waals surface area contributed by atoms with Gasteiger partial charge in [0, 0.05) is 26.2 Å². The standard InChI is InChI=1S/C16H19N3O6/c1-17(15(21)12-4-2-3-5-13(12)19(24)25)10-14(20)18-8-6-11(7-9-18)16(22)23/h2-5,11H,6-10H2,1H3,(H,22,23). The minimum atomic E-state index is -0.865. The fourth-order valence-corrected chi connectivity index (χ4v) is 2.77. The Labute approximate surface area is 144 Å². The molecule has 9 nitrogen and oxygen atoms in total. The van der Waals surface area contributed by atoms with Crippen LogP contribution in [-0.2, 0) is 9.59 Å². The number of hydrogen-bond donors (Lipinski definition) is 1. The minimum absolute atomic E-state index is 0.0765. The Morgan fingerprint density at radius 3 is 2.44 bits per heavy atom. The first-order valence-electron chi connectivity index (χ1n) is 7.80. The summed E-state index contributed by atoms with van der Waals surface area (Å²) in [6.07, 6.45) is 0.756. The minimum Gasteiger partial charge on any atom is -0.481 e. The number of nitro benzene ring substituents is 1. The lowest BCUT2D eigenvalue weighted by atomic mass is 9.97. The van der Waals surface area contributed by atoms with Gasteiger partial charge in [-0.2, -0.15) is 0 Å². The summed E-state index contributed by atoms with van der Waals surface area (Å²) in [6, 6.07) is 5.57. The van der Waals surface area contributed by atoms with Crippen LogP contribution in [0, 0.1) is 16.0 Å². The van der Waals surface area contributed by atoms with Crippen molar-refractivity contribution in [3.63, 3.8) is 0 Å². The fraction of sp³-hybridized carbons (Fsp3) is 0.438. The van der Waals surface area contributed by atoms with Crippen molar-refractivity contribution < 1.29 is 24.4 Å². The average molecular weight is 349 g/mol. The summed E-state index contributed by atoms with van der Waals surface area (Å²) in [5.74, 6) is -2.23. The van der Waals surface area contributed by atoms with Crippen molar-refractivity contribution in [3.05, 3.63) is 39.9 Å². The van der Waals surface area contributed by atoms with Crippen LogP contribution in [0.25, 0.3) is 0 Å². The Hall–Kier alpha value is -2.97. The number of para-hydroxylation sites is 1. The van der Waals surface area contributed by atoms with Crippen LogP contribution in [0.2, 0.25) is 0 Å². The first kappa shape index (κ1) is 18.4. The number of hydrogen-bond acceptors (Lipinski definition) is 5. The molecule has 0 spiro atoms. The number of nitro groups is 1. The smallest absolute Gasteiger partial charge is 0.306 e. The van der Waals surface area contributed by atoms with Gasteiger partial charge in [-0.05, 0) is 18.9 Å². The molecule has 0 aromatic heterocycles. The largest absolute Gasteiger partial charge is 0.481 e. The molecular formula is C16H19N3O6. The predicted molar refractivity (Wildman–Crippen MR) is 87.0 cm³/mol. The highest BCUT2D eigenvalue weighted by atomic mass is 16.6. The SMILES string of the molecule is CN(CC(=O)N1CCC(C(=O)O)CC1)C(=O)c1ccccc1[N+](=O)[O-]. The molecule has 2 amide bonds. The van der Waals surface area contributed by atoms with E-state index in [0.717, 1.165) is 4.90 Å². The summed E-state index contributed by atoms with van der Waals surface area (Å²) in [7, 11) is 1.40. The summed E-state index contributed by atoms with van der Waals surface area (Å²) >= 11 is 0. The van der Waals surface area contributed by atoms with Crippen LogP contribution >= 0.6 is 0 Å². The highest BCUT2D eigenvalue weighted by Gasteiger charge is 2.29. The van der Waals surface area contributed by atoms with Crippen molar-refractivity contribution in [1.29, 1.82) is 0 Å². The molecule has 134 valence electrons. The zero-order chi connectivity index (χ0) is 18.6. The lowest BCUT2D eigenvalue weighted by molar-refractivity contribution is -0.385. The van der Waals surface area contributed by atoms with Crippen molar-refractivity contribution in [2.24, 2.45) is 5.92 Å². The van der Waals surface area contributed by atoms with Crippen LogP contribution in [0.5, 0.6) is 0 Å². The van der Waals surface area contributed by atoms with Crippen LogP contribution in [0.3, 0.4) is 0 Å². The maximum absolute atomic E-state index is 12.4. The first-order chi connectivity index (χ1) is 11.8. The number of rotatable bonds is 5. The van der Waals surface area contributed by atoms with E-state index >= 15 is 0 Å². The first-order valence-corrected chi connectivity index (χ1v) is 7.80. The molecule has 0 bridgehead atoms. The van der Waals surface area contributed by atoms with Crippen molar-refractivity contribution in [3.8, 4) is 0 Å². The second-order valence-electron chi connectivity index (χ2n) is 5.93. The van der Waals surface area contributed by atoms with E-state index in [1.165, 1.54) is 36.2 Å². The van der Waals surface area contributed by atoms with Crippen LogP contribution in [0.4, 0.5) is 5.69 Å². The van der Waals surface area contributed by atoms with Crippen molar-refractivity contribution >= 4 is 23.5 Å². The van der Waals surface area contributed by atoms with Gasteiger partial charge >= 0.3 is 5.97 Å². The monoisotopic (exact) mass is 349 g/mol. The van der Waals surface area contributed by atoms with Gasteiger partial charge in [0.05, 0.1) is 17.4 Å².